The van der Waals surface area contributed by atoms with Gasteiger partial charge in [-0.05, 0) is 25.0 Å². The number of halogens is 1. The number of hydrogen-bond donors (Lipinski definition) is 27. The minimum atomic E-state index is -2.52. The fourth-order valence-corrected chi connectivity index (χ4v) is 16.2. The second kappa shape index (κ2) is 47.8. The molecule has 0 bridgehead atoms. The van der Waals surface area contributed by atoms with E-state index >= 15 is 0 Å². The quantitative estimate of drug-likeness (QED) is 0.0201. The average molecular weight is 1850 g/mol. The summed E-state index contributed by atoms with van der Waals surface area (Å²) in [5.41, 5.74) is -0.833. The van der Waals surface area contributed by atoms with Crippen molar-refractivity contribution in [2.75, 3.05) is 118 Å². The number of thioether (sulfide) groups is 1. The predicted octanol–water partition coefficient (Wildman–Crippen LogP) is -19.0. The fraction of sp³-hybridized carbons (Fsp3) is 0.959. The topological polar surface area (TPSA) is 741 Å². The van der Waals surface area contributed by atoms with E-state index in [1.165, 1.54) is 11.8 Å². The van der Waals surface area contributed by atoms with Crippen LogP contribution >= 0.6 is 11.8 Å². The zero-order valence-electron chi connectivity index (χ0n) is 69.3. The Kier molecular flexibility index (Phi) is 41.1. The highest BCUT2D eigenvalue weighted by molar-refractivity contribution is 7.99. The van der Waals surface area contributed by atoms with E-state index in [0.29, 0.717) is 30.9 Å². The third kappa shape index (κ3) is 26.2. The number of hydrogen-bond acceptors (Lipinski definition) is 46. The molecule has 0 radical (unpaired) electrons. The van der Waals surface area contributed by atoms with Crippen molar-refractivity contribution in [3.8, 4) is 0 Å². The van der Waals surface area contributed by atoms with Crippen molar-refractivity contribution in [1.29, 1.82) is 0 Å². The Morgan fingerprint density at radius 1 is 0.419 bits per heavy atom. The normalized spacial score (nSPS) is 44.1. The Labute approximate surface area is 722 Å². The van der Waals surface area contributed by atoms with Crippen LogP contribution in [0.25, 0.3) is 0 Å². The summed E-state index contributed by atoms with van der Waals surface area (Å²) in [6.45, 7) is 0.0441. The number of amides is 3. The van der Waals surface area contributed by atoms with Crippen molar-refractivity contribution in [3.05, 3.63) is 0 Å². The molecule has 0 aliphatic carbocycles. The summed E-state index contributed by atoms with van der Waals surface area (Å²) >= 11 is 1.41. The van der Waals surface area contributed by atoms with Gasteiger partial charge >= 0.3 is 0 Å². The molecule has 0 saturated carbocycles. The molecule has 124 heavy (non-hydrogen) atoms. The molecule has 9 fully saturated rings. The number of carbonyl (C=O) groups is 3. The van der Waals surface area contributed by atoms with E-state index in [1.54, 1.807) is 13.8 Å². The standard InChI is InChI=1S/C73H128N4O45S.ClH/c1-8-28(17-73(3,4)72(105)75-11-9-14-77(5,6)7)62(104)74-12-16-123-15-10-13-76(27(2)81)63-50(97)47(94)57(34(20-80)112-63)118-68-55(102)48(95)59(37(116-68)26-111-71-61(40(87)31(84)23-108-71)122-66-53(100)45(92)42(89)33(19-79)114-66)120-69-56(103)49(96)58(119-67-54(101)46(93)43(90)35(115-67)24-109-64-51(98)38(85)29(82)21-106-64)36(117-69)25-110-70-60(39(86)30(83)22-107-70)121-65-52(99)44(91)41(88)32(18-78)113-65;/h28-61,63-71,78-80,82-103H,8-26H2,1-7H3,(H-,74,75,104,105);1H/t28?,29-,30-,31-,32?,33?,34+,35?,36+,37?,38+,39+,40+,41+,42+,43-,44+,45+,46+,47?,48-,49?,50?,51?,52?,53?,54?,55?,56?,57-,58-,59-,60?,61?,63-,64-,65+,66+,67+,68+,69+,70-,71-;/m1./s1. The van der Waals surface area contributed by atoms with Gasteiger partial charge in [0.05, 0.1) is 87.1 Å². The summed E-state index contributed by atoms with van der Waals surface area (Å²) in [6.07, 6.45) is -83.7. The molecular formula is C73H129ClN4O45S. The molecular weight excluding hydrogens is 1720 g/mol. The van der Waals surface area contributed by atoms with Gasteiger partial charge in [-0.15, -0.1) is 0 Å². The van der Waals surface area contributed by atoms with E-state index in [2.05, 4.69) is 31.8 Å². The number of nitrogens with one attached hydrogen (secondary N) is 2. The first-order valence-corrected chi connectivity index (χ1v) is 42.1. The zero-order valence-corrected chi connectivity index (χ0v) is 70.9. The molecule has 0 spiro atoms. The van der Waals surface area contributed by atoms with Gasteiger partial charge in [0, 0.05) is 50.1 Å². The lowest BCUT2D eigenvalue weighted by atomic mass is 9.80. The average Bonchev–Trinajstić information content (AvgIpc) is 0.771. The number of aliphatic hydroxyl groups is 25. The SMILES string of the molecule is CCC(CC(C)(C)C(=O)NCCC[N+](C)(C)C)C(=O)NCCSCCCN(C(C)=O)[C@@H]1O[C@@H](CO)[C@@H](O[C@@H]2OC(CO[C@H]3OC[C@@H](O)[C@H](O)C3O[C@@H]3OC(CO)[C@H](O)[C@H](O)C3O)[C@@H](O[C@@H]3O[C@@H](CO[C@H]4OC[C@@H](O)[C@H](O)C4O[C@@H]4OC(CO)[C@H](O)[C@H](O)C4O)[C@@H](O[C@@H]4OC(CO[C@H]5OC[C@@H](O)[C@H](O)C5O)[C@@H](O)[C@H](O)C4O)C(O)C3O)[C@H](O)C2O)C(O)C1O.[Cl-]. The maximum Gasteiger partial charge on any atom is 0.225 e. The van der Waals surface area contributed by atoms with Gasteiger partial charge in [-0.3, -0.25) is 14.4 Å². The van der Waals surface area contributed by atoms with Gasteiger partial charge in [-0.1, -0.05) is 20.8 Å². The van der Waals surface area contributed by atoms with Gasteiger partial charge in [0.2, 0.25) is 17.7 Å². The molecule has 0 aromatic heterocycles. The van der Waals surface area contributed by atoms with E-state index in [0.717, 1.165) is 29.3 Å². The number of quaternary nitrogens is 1. The number of aliphatic hydroxyl groups excluding tert-OH is 25. The van der Waals surface area contributed by atoms with Crippen molar-refractivity contribution in [3.63, 3.8) is 0 Å². The fourth-order valence-electron chi connectivity index (χ4n) is 15.5. The van der Waals surface area contributed by atoms with Crippen LogP contribution in [0.2, 0.25) is 0 Å². The minimum absolute atomic E-state index is 0. The van der Waals surface area contributed by atoms with Crippen LogP contribution in [0.15, 0.2) is 0 Å². The largest absolute Gasteiger partial charge is 1.00 e. The molecule has 9 heterocycles. The Morgan fingerprint density at radius 2 is 0.790 bits per heavy atom. The Balaban J connectivity index is 0.0000191. The van der Waals surface area contributed by atoms with Gasteiger partial charge in [0.1, 0.15) is 201 Å². The number of ether oxygens (including phenoxy) is 17. The maximum atomic E-state index is 13.4. The summed E-state index contributed by atoms with van der Waals surface area (Å²) in [5.74, 6) is -0.690. The summed E-state index contributed by atoms with van der Waals surface area (Å²) < 4.78 is 100. The van der Waals surface area contributed by atoms with Crippen molar-refractivity contribution in [2.24, 2.45) is 11.3 Å². The van der Waals surface area contributed by atoms with Gasteiger partial charge in [-0.25, -0.2) is 0 Å². The highest BCUT2D eigenvalue weighted by Crippen LogP contribution is 2.39. The lowest BCUT2D eigenvalue weighted by molar-refractivity contribution is -0.870. The van der Waals surface area contributed by atoms with Crippen molar-refractivity contribution in [2.45, 2.75) is 311 Å². The van der Waals surface area contributed by atoms with Crippen LogP contribution in [0.4, 0.5) is 0 Å². The lowest BCUT2D eigenvalue weighted by Gasteiger charge is -2.50. The first-order chi connectivity index (χ1) is 58.0. The van der Waals surface area contributed by atoms with Crippen LogP contribution < -0.4 is 23.0 Å². The summed E-state index contributed by atoms with van der Waals surface area (Å²) in [5, 5.41) is 283. The Morgan fingerprint density at radius 3 is 1.23 bits per heavy atom. The van der Waals surface area contributed by atoms with E-state index < -0.39 is 335 Å². The molecule has 43 atom stereocenters. The van der Waals surface area contributed by atoms with Crippen LogP contribution in [0, 0.1) is 11.3 Å². The van der Waals surface area contributed by atoms with Crippen LogP contribution in [-0.2, 0) is 94.9 Å². The van der Waals surface area contributed by atoms with Gasteiger partial charge in [-0.2, -0.15) is 11.8 Å². The van der Waals surface area contributed by atoms with Crippen LogP contribution in [0.1, 0.15) is 53.4 Å². The van der Waals surface area contributed by atoms with Crippen molar-refractivity contribution < 1.29 is 239 Å². The molecule has 27 N–H and O–H groups in total. The van der Waals surface area contributed by atoms with E-state index in [-0.39, 0.29) is 43.7 Å². The summed E-state index contributed by atoms with van der Waals surface area (Å²) in [7, 11) is 6.17. The molecule has 9 aliphatic heterocycles. The molecule has 9 aliphatic rings. The molecule has 51 heteroatoms. The summed E-state index contributed by atoms with van der Waals surface area (Å²) in [4.78, 5) is 41.0. The van der Waals surface area contributed by atoms with E-state index in [9.17, 15) is 142 Å². The molecule has 9 rings (SSSR count). The number of carbonyl (C=O) groups excluding carboxylic acids is 3. The monoisotopic (exact) mass is 1850 g/mol. The molecule has 3 amide bonds. The maximum absolute atomic E-state index is 13.4. The Hall–Kier alpha value is -2.67. The predicted molar refractivity (Wildman–Crippen MR) is 402 cm³/mol. The van der Waals surface area contributed by atoms with E-state index in [4.69, 9.17) is 80.5 Å². The molecule has 49 nitrogen and oxygen atoms in total. The van der Waals surface area contributed by atoms with Crippen molar-refractivity contribution >= 4 is 29.5 Å². The van der Waals surface area contributed by atoms with E-state index in [1.807, 2.05) is 6.92 Å². The minimum Gasteiger partial charge on any atom is -1.00 e. The highest BCUT2D eigenvalue weighted by atomic mass is 35.5. The summed E-state index contributed by atoms with van der Waals surface area (Å²) in [6, 6.07) is 0. The number of nitrogens with zero attached hydrogens (tertiary/aromatic N) is 2. The molecule has 9 saturated heterocycles. The zero-order chi connectivity index (χ0) is 90.7. The van der Waals surface area contributed by atoms with Gasteiger partial charge < -0.3 is 241 Å². The van der Waals surface area contributed by atoms with Crippen LogP contribution in [-0.4, -0.2) is 531 Å². The molecule has 0 aromatic rings. The third-order valence-electron chi connectivity index (χ3n) is 23.0. The second-order valence-corrected chi connectivity index (χ2v) is 35.0. The smallest absolute Gasteiger partial charge is 0.225 e. The molecule has 0 aromatic carbocycles. The van der Waals surface area contributed by atoms with Crippen LogP contribution in [0.5, 0.6) is 0 Å². The lowest BCUT2D eigenvalue weighted by Crippen LogP contribution is -3.00. The van der Waals surface area contributed by atoms with Gasteiger partial charge in [0.25, 0.3) is 0 Å². The third-order valence-corrected chi connectivity index (χ3v) is 24.1. The molecule has 16 unspecified atom stereocenters. The molecule has 724 valence electrons. The van der Waals surface area contributed by atoms with Crippen molar-refractivity contribution in [1.82, 2.24) is 15.5 Å². The number of rotatable bonds is 39. The van der Waals surface area contributed by atoms with Crippen LogP contribution in [0.3, 0.4) is 0 Å². The Bertz CT molecular complexity index is 3200. The first-order valence-electron chi connectivity index (χ1n) is 40.9. The highest BCUT2D eigenvalue weighted by Gasteiger charge is 2.59. The van der Waals surface area contributed by atoms with Gasteiger partial charge in [0.15, 0.2) is 56.5 Å². The second-order valence-electron chi connectivity index (χ2n) is 33.7. The first kappa shape index (κ1) is 107.